The molecule has 0 bridgehead atoms. The van der Waals surface area contributed by atoms with E-state index in [4.69, 9.17) is 4.74 Å². The number of hydrogen-bond acceptors (Lipinski definition) is 4. The molecule has 0 saturated carbocycles. The molecule has 2 aliphatic heterocycles. The first-order valence-corrected chi connectivity index (χ1v) is 11.8. The van der Waals surface area contributed by atoms with Crippen molar-refractivity contribution < 1.29 is 14.3 Å². The Hall–Kier alpha value is -1.14. The van der Waals surface area contributed by atoms with E-state index in [-0.39, 0.29) is 17.7 Å². The summed E-state index contributed by atoms with van der Waals surface area (Å²) in [4.78, 5) is 29.0. The quantitative estimate of drug-likeness (QED) is 0.564. The minimum atomic E-state index is 0.130. The van der Waals surface area contributed by atoms with Gasteiger partial charge >= 0.3 is 0 Å². The summed E-state index contributed by atoms with van der Waals surface area (Å²) in [6, 6.07) is 0.557. The molecule has 0 spiro atoms. The van der Waals surface area contributed by atoms with Gasteiger partial charge in [-0.2, -0.15) is 0 Å². The minimum absolute atomic E-state index is 0.130. The van der Waals surface area contributed by atoms with E-state index in [9.17, 15) is 9.59 Å². The van der Waals surface area contributed by atoms with Crippen molar-refractivity contribution in [1.29, 1.82) is 0 Å². The zero-order valence-corrected chi connectivity index (χ0v) is 19.1. The molecule has 2 rings (SSSR count). The molecule has 2 saturated heterocycles. The van der Waals surface area contributed by atoms with Gasteiger partial charge < -0.3 is 19.9 Å². The minimum Gasteiger partial charge on any atom is -0.379 e. The molecule has 0 aromatic carbocycles. The molecule has 2 fully saturated rings. The van der Waals surface area contributed by atoms with Gasteiger partial charge in [-0.25, -0.2) is 0 Å². The summed E-state index contributed by atoms with van der Waals surface area (Å²) in [6.45, 7) is 14.2. The third kappa shape index (κ3) is 7.89. The Morgan fingerprint density at radius 2 is 1.66 bits per heavy atom. The lowest BCUT2D eigenvalue weighted by atomic mass is 9.84. The number of carbonyl (C=O) groups excluding carboxylic acids is 2. The van der Waals surface area contributed by atoms with E-state index in [1.165, 1.54) is 6.42 Å². The van der Waals surface area contributed by atoms with Gasteiger partial charge in [0.05, 0.1) is 19.6 Å². The van der Waals surface area contributed by atoms with Crippen LogP contribution < -0.4 is 5.32 Å². The lowest BCUT2D eigenvalue weighted by molar-refractivity contribution is -0.134. The standard InChI is InChI=1S/C23H43N3O3/c1-5-19(4)20-6-14-26(15-7-20)22(27)10-16-29-17-11-24-23(28)21-8-12-25(13-9-21)18(2)3/h18-21H,5-17H2,1-4H3,(H,24,28). The van der Waals surface area contributed by atoms with Crippen LogP contribution in [0.4, 0.5) is 0 Å². The fourth-order valence-electron chi connectivity index (χ4n) is 4.54. The fourth-order valence-corrected chi connectivity index (χ4v) is 4.54. The molecule has 2 heterocycles. The Morgan fingerprint density at radius 3 is 2.24 bits per heavy atom. The molecule has 0 aromatic heterocycles. The second-order valence-electron chi connectivity index (χ2n) is 9.16. The smallest absolute Gasteiger partial charge is 0.224 e. The summed E-state index contributed by atoms with van der Waals surface area (Å²) in [5, 5.41) is 2.99. The summed E-state index contributed by atoms with van der Waals surface area (Å²) >= 11 is 0. The van der Waals surface area contributed by atoms with Crippen LogP contribution in [0.5, 0.6) is 0 Å². The van der Waals surface area contributed by atoms with Crippen molar-refractivity contribution in [3.63, 3.8) is 0 Å². The van der Waals surface area contributed by atoms with Crippen LogP contribution in [0.2, 0.25) is 0 Å². The van der Waals surface area contributed by atoms with E-state index in [1.807, 2.05) is 4.90 Å². The second kappa shape index (κ2) is 12.5. The Kier molecular flexibility index (Phi) is 10.4. The van der Waals surface area contributed by atoms with Crippen LogP contribution in [0.25, 0.3) is 0 Å². The predicted molar refractivity (Wildman–Crippen MR) is 117 cm³/mol. The van der Waals surface area contributed by atoms with E-state index >= 15 is 0 Å². The van der Waals surface area contributed by atoms with Gasteiger partial charge in [0, 0.05) is 31.6 Å². The number of hydrogen-bond donors (Lipinski definition) is 1. The number of likely N-dealkylation sites (tertiary alicyclic amines) is 2. The number of nitrogens with zero attached hydrogens (tertiary/aromatic N) is 2. The highest BCUT2D eigenvalue weighted by Crippen LogP contribution is 2.27. The van der Waals surface area contributed by atoms with Crippen LogP contribution >= 0.6 is 0 Å². The topological polar surface area (TPSA) is 61.9 Å². The van der Waals surface area contributed by atoms with Crippen molar-refractivity contribution in [2.24, 2.45) is 17.8 Å². The van der Waals surface area contributed by atoms with Crippen molar-refractivity contribution >= 4 is 11.8 Å². The summed E-state index contributed by atoms with van der Waals surface area (Å²) in [5.41, 5.74) is 0. The normalized spacial score (nSPS) is 20.8. The lowest BCUT2D eigenvalue weighted by Gasteiger charge is -2.34. The summed E-state index contributed by atoms with van der Waals surface area (Å²) < 4.78 is 5.59. The van der Waals surface area contributed by atoms with Crippen molar-refractivity contribution in [2.75, 3.05) is 45.9 Å². The Bertz CT molecular complexity index is 496. The number of piperidine rings is 2. The van der Waals surface area contributed by atoms with E-state index in [0.717, 1.165) is 63.7 Å². The van der Waals surface area contributed by atoms with Gasteiger partial charge in [0.15, 0.2) is 0 Å². The maximum Gasteiger partial charge on any atom is 0.224 e. The van der Waals surface area contributed by atoms with E-state index in [0.29, 0.717) is 32.2 Å². The maximum atomic E-state index is 12.3. The zero-order chi connectivity index (χ0) is 21.2. The fraction of sp³-hybridized carbons (Fsp3) is 0.913. The maximum absolute atomic E-state index is 12.3. The lowest BCUT2D eigenvalue weighted by Crippen LogP contribution is -2.43. The molecule has 1 unspecified atom stereocenters. The summed E-state index contributed by atoms with van der Waals surface area (Å²) in [5.74, 6) is 2.01. The van der Waals surface area contributed by atoms with Gasteiger partial charge in [-0.05, 0) is 64.5 Å². The van der Waals surface area contributed by atoms with Crippen LogP contribution in [-0.4, -0.2) is 73.6 Å². The van der Waals surface area contributed by atoms with Crippen LogP contribution in [0.3, 0.4) is 0 Å². The largest absolute Gasteiger partial charge is 0.379 e. The van der Waals surface area contributed by atoms with Crippen LogP contribution in [0, 0.1) is 17.8 Å². The number of ether oxygens (including phenoxy) is 1. The third-order valence-corrected chi connectivity index (χ3v) is 6.98. The predicted octanol–water partition coefficient (Wildman–Crippen LogP) is 2.91. The molecular formula is C23H43N3O3. The Balaban J connectivity index is 1.50. The molecule has 1 atom stereocenters. The number of nitrogens with one attached hydrogen (secondary N) is 1. The molecule has 6 nitrogen and oxygen atoms in total. The van der Waals surface area contributed by atoms with Gasteiger partial charge in [0.1, 0.15) is 0 Å². The highest BCUT2D eigenvalue weighted by molar-refractivity contribution is 5.78. The Morgan fingerprint density at radius 1 is 1.00 bits per heavy atom. The number of carbonyl (C=O) groups is 2. The molecule has 0 aliphatic carbocycles. The van der Waals surface area contributed by atoms with E-state index < -0.39 is 0 Å². The van der Waals surface area contributed by atoms with Gasteiger partial charge in [0.25, 0.3) is 0 Å². The SMILES string of the molecule is CCC(C)C1CCN(C(=O)CCOCCNC(=O)C2CCN(C(C)C)CC2)CC1. The highest BCUT2D eigenvalue weighted by Gasteiger charge is 2.26. The van der Waals surface area contributed by atoms with Crippen molar-refractivity contribution in [1.82, 2.24) is 15.1 Å². The zero-order valence-electron chi connectivity index (χ0n) is 19.1. The van der Waals surface area contributed by atoms with Gasteiger partial charge in [-0.15, -0.1) is 0 Å². The van der Waals surface area contributed by atoms with E-state index in [1.54, 1.807) is 0 Å². The third-order valence-electron chi connectivity index (χ3n) is 6.98. The van der Waals surface area contributed by atoms with Crippen LogP contribution in [0.15, 0.2) is 0 Å². The molecule has 0 aromatic rings. The first-order chi connectivity index (χ1) is 13.9. The van der Waals surface area contributed by atoms with Crippen LogP contribution in [0.1, 0.15) is 66.2 Å². The van der Waals surface area contributed by atoms with Crippen molar-refractivity contribution in [2.45, 2.75) is 72.3 Å². The van der Waals surface area contributed by atoms with Gasteiger partial charge in [0.2, 0.25) is 11.8 Å². The first kappa shape index (κ1) is 24.1. The Labute approximate surface area is 177 Å². The monoisotopic (exact) mass is 409 g/mol. The number of rotatable bonds is 10. The van der Waals surface area contributed by atoms with Gasteiger partial charge in [-0.3, -0.25) is 9.59 Å². The van der Waals surface area contributed by atoms with Crippen molar-refractivity contribution in [3.8, 4) is 0 Å². The molecule has 1 N–H and O–H groups in total. The highest BCUT2D eigenvalue weighted by atomic mass is 16.5. The molecule has 168 valence electrons. The summed E-state index contributed by atoms with van der Waals surface area (Å²) in [7, 11) is 0. The molecule has 6 heteroatoms. The molecule has 2 amide bonds. The first-order valence-electron chi connectivity index (χ1n) is 11.8. The summed E-state index contributed by atoms with van der Waals surface area (Å²) in [6.07, 6.45) is 5.80. The van der Waals surface area contributed by atoms with E-state index in [2.05, 4.69) is 37.9 Å². The molecule has 2 aliphatic rings. The second-order valence-corrected chi connectivity index (χ2v) is 9.16. The van der Waals surface area contributed by atoms with Crippen molar-refractivity contribution in [3.05, 3.63) is 0 Å². The molecular weight excluding hydrogens is 366 g/mol. The van der Waals surface area contributed by atoms with Crippen LogP contribution in [-0.2, 0) is 14.3 Å². The average Bonchev–Trinajstić information content (AvgIpc) is 2.75. The van der Waals surface area contributed by atoms with Gasteiger partial charge in [-0.1, -0.05) is 20.3 Å². The average molecular weight is 410 g/mol. The number of amides is 2. The molecule has 29 heavy (non-hydrogen) atoms. The molecule has 0 radical (unpaired) electrons.